The number of aromatic nitrogens is 1. The summed E-state index contributed by atoms with van der Waals surface area (Å²) < 4.78 is 42.7. The van der Waals surface area contributed by atoms with Gasteiger partial charge in [0.15, 0.2) is 5.60 Å². The summed E-state index contributed by atoms with van der Waals surface area (Å²) in [6.07, 6.45) is -3.18. The van der Waals surface area contributed by atoms with E-state index in [9.17, 15) is 28.2 Å². The molecule has 150 valence electrons. The van der Waals surface area contributed by atoms with Crippen molar-refractivity contribution in [2.75, 3.05) is 19.9 Å². The Morgan fingerprint density at radius 1 is 1.18 bits per heavy atom. The van der Waals surface area contributed by atoms with Gasteiger partial charge in [-0.1, -0.05) is 30.3 Å². The Hall–Kier alpha value is -2.49. The summed E-state index contributed by atoms with van der Waals surface area (Å²) in [6.45, 7) is -0.799. The summed E-state index contributed by atoms with van der Waals surface area (Å²) in [5, 5.41) is 22.2. The molecule has 1 aliphatic heterocycles. The molecule has 3 N–H and O–H groups in total. The lowest BCUT2D eigenvalue weighted by Gasteiger charge is -2.35. The molecule has 2 heterocycles. The molecule has 0 saturated carbocycles. The van der Waals surface area contributed by atoms with E-state index in [1.54, 1.807) is 35.8 Å². The summed E-state index contributed by atoms with van der Waals surface area (Å²) in [6, 6.07) is 8.33. The number of nitrogens with one attached hydrogen (secondary N) is 1. The van der Waals surface area contributed by atoms with E-state index in [0.717, 1.165) is 11.1 Å². The number of rotatable bonds is 7. The summed E-state index contributed by atoms with van der Waals surface area (Å²) >= 11 is 0. The molecular weight excluding hydrogens is 377 g/mol. The number of hydrogen-bond acceptors (Lipinski definition) is 5. The number of aliphatic hydroxyl groups excluding tert-OH is 1. The van der Waals surface area contributed by atoms with Crippen LogP contribution in [0.1, 0.15) is 17.4 Å². The van der Waals surface area contributed by atoms with Crippen LogP contribution in [0.25, 0.3) is 11.1 Å². The Morgan fingerprint density at radius 2 is 1.82 bits per heavy atom. The van der Waals surface area contributed by atoms with Crippen LogP contribution in [0.5, 0.6) is 0 Å². The molecule has 0 aliphatic carbocycles. The van der Waals surface area contributed by atoms with Gasteiger partial charge in [0.25, 0.3) is 5.91 Å². The SMILES string of the molecule is O=C(N[C@H](CF)[C@@H](O)c1ccc(-c2ccc(C3(O)COC3)nc2)cc1)C(F)F. The molecule has 2 aromatic rings. The van der Waals surface area contributed by atoms with Crippen LogP contribution in [0.3, 0.4) is 0 Å². The second-order valence-corrected chi connectivity index (χ2v) is 6.59. The van der Waals surface area contributed by atoms with Gasteiger partial charge in [0.1, 0.15) is 12.8 Å². The smallest absolute Gasteiger partial charge is 0.315 e. The van der Waals surface area contributed by atoms with Crippen LogP contribution in [0.15, 0.2) is 42.6 Å². The minimum atomic E-state index is -3.29. The number of aliphatic hydroxyl groups is 2. The minimum Gasteiger partial charge on any atom is -0.386 e. The van der Waals surface area contributed by atoms with Gasteiger partial charge in [-0.05, 0) is 17.2 Å². The normalized spacial score (nSPS) is 17.6. The maximum atomic E-state index is 13.1. The summed E-state index contributed by atoms with van der Waals surface area (Å²) in [4.78, 5) is 15.3. The zero-order chi connectivity index (χ0) is 20.3. The monoisotopic (exact) mass is 396 g/mol. The number of carbonyl (C=O) groups excluding carboxylic acids is 1. The number of carbonyl (C=O) groups is 1. The zero-order valence-corrected chi connectivity index (χ0v) is 14.7. The topological polar surface area (TPSA) is 91.7 Å². The van der Waals surface area contributed by atoms with E-state index in [0.29, 0.717) is 5.69 Å². The summed E-state index contributed by atoms with van der Waals surface area (Å²) in [7, 11) is 0. The second kappa shape index (κ2) is 8.26. The summed E-state index contributed by atoms with van der Waals surface area (Å²) in [5.74, 6) is -1.64. The first-order valence-corrected chi connectivity index (χ1v) is 8.53. The van der Waals surface area contributed by atoms with Crippen molar-refractivity contribution in [1.82, 2.24) is 10.3 Å². The van der Waals surface area contributed by atoms with Gasteiger partial charge >= 0.3 is 6.43 Å². The molecule has 1 aromatic carbocycles. The largest absolute Gasteiger partial charge is 0.386 e. The first-order chi connectivity index (χ1) is 13.3. The number of hydrogen-bond donors (Lipinski definition) is 3. The van der Waals surface area contributed by atoms with E-state index in [2.05, 4.69) is 4.98 Å². The van der Waals surface area contributed by atoms with Crippen LogP contribution in [0.4, 0.5) is 13.2 Å². The molecule has 2 atom stereocenters. The van der Waals surface area contributed by atoms with Gasteiger partial charge in [-0.3, -0.25) is 9.78 Å². The highest BCUT2D eigenvalue weighted by atomic mass is 19.3. The molecule has 1 aliphatic rings. The van der Waals surface area contributed by atoms with Crippen molar-refractivity contribution in [1.29, 1.82) is 0 Å². The molecule has 0 radical (unpaired) electrons. The maximum Gasteiger partial charge on any atom is 0.315 e. The van der Waals surface area contributed by atoms with Crippen LogP contribution in [0.2, 0.25) is 0 Å². The van der Waals surface area contributed by atoms with Crippen LogP contribution >= 0.6 is 0 Å². The fraction of sp³-hybridized carbons (Fsp3) is 0.368. The lowest BCUT2D eigenvalue weighted by molar-refractivity contribution is -0.186. The predicted molar refractivity (Wildman–Crippen MR) is 93.3 cm³/mol. The van der Waals surface area contributed by atoms with Crippen molar-refractivity contribution < 1.29 is 32.9 Å². The van der Waals surface area contributed by atoms with Gasteiger partial charge in [-0.15, -0.1) is 0 Å². The van der Waals surface area contributed by atoms with Gasteiger partial charge in [0.2, 0.25) is 0 Å². The second-order valence-electron chi connectivity index (χ2n) is 6.59. The van der Waals surface area contributed by atoms with E-state index in [1.165, 1.54) is 12.1 Å². The molecule has 9 heteroatoms. The Bertz CT molecular complexity index is 811. The number of alkyl halides is 3. The van der Waals surface area contributed by atoms with Gasteiger partial charge < -0.3 is 20.3 Å². The van der Waals surface area contributed by atoms with Gasteiger partial charge in [0.05, 0.1) is 24.9 Å². The fourth-order valence-corrected chi connectivity index (χ4v) is 2.84. The van der Waals surface area contributed by atoms with E-state index < -0.39 is 36.8 Å². The predicted octanol–water partition coefficient (Wildman–Crippen LogP) is 1.72. The number of nitrogens with zero attached hydrogens (tertiary/aromatic N) is 1. The molecule has 28 heavy (non-hydrogen) atoms. The highest BCUT2D eigenvalue weighted by Crippen LogP contribution is 2.29. The van der Waals surface area contributed by atoms with Crippen molar-refractivity contribution in [2.24, 2.45) is 0 Å². The standard InChI is InChI=1S/C19H19F3N2O4/c20-7-14(24-18(26)17(21)22)16(25)12-3-1-11(2-4-12)13-5-6-15(23-8-13)19(27)9-28-10-19/h1-6,8,14,16-17,25,27H,7,9-10H2,(H,24,26)/t14-,16+/m1/s1. The van der Waals surface area contributed by atoms with Crippen molar-refractivity contribution in [3.05, 3.63) is 53.9 Å². The lowest BCUT2D eigenvalue weighted by Crippen LogP contribution is -2.47. The van der Waals surface area contributed by atoms with Crippen molar-refractivity contribution in [3.63, 3.8) is 0 Å². The maximum absolute atomic E-state index is 13.1. The Balaban J connectivity index is 1.71. The molecule has 1 fully saturated rings. The van der Waals surface area contributed by atoms with Gasteiger partial charge in [-0.2, -0.15) is 8.78 Å². The molecule has 0 spiro atoms. The highest BCUT2D eigenvalue weighted by molar-refractivity contribution is 5.79. The Kier molecular flexibility index (Phi) is 5.97. The molecule has 6 nitrogen and oxygen atoms in total. The van der Waals surface area contributed by atoms with Crippen molar-refractivity contribution >= 4 is 5.91 Å². The van der Waals surface area contributed by atoms with E-state index in [4.69, 9.17) is 4.74 Å². The number of benzene rings is 1. The number of amides is 1. The highest BCUT2D eigenvalue weighted by Gasteiger charge is 2.39. The number of pyridine rings is 1. The summed E-state index contributed by atoms with van der Waals surface area (Å²) in [5.41, 5.74) is 1.22. The fourth-order valence-electron chi connectivity index (χ4n) is 2.84. The van der Waals surface area contributed by atoms with Crippen LogP contribution in [0, 0.1) is 0 Å². The van der Waals surface area contributed by atoms with Gasteiger partial charge in [0, 0.05) is 11.8 Å². The first-order valence-electron chi connectivity index (χ1n) is 8.53. The molecule has 1 aromatic heterocycles. The quantitative estimate of drug-likeness (QED) is 0.663. The molecule has 3 rings (SSSR count). The van der Waals surface area contributed by atoms with Crippen molar-refractivity contribution in [2.45, 2.75) is 24.2 Å². The lowest BCUT2D eigenvalue weighted by atomic mass is 9.95. The van der Waals surface area contributed by atoms with Gasteiger partial charge in [-0.25, -0.2) is 4.39 Å². The van der Waals surface area contributed by atoms with Crippen LogP contribution in [-0.2, 0) is 15.1 Å². The third kappa shape index (κ3) is 4.16. The third-order valence-electron chi connectivity index (χ3n) is 4.58. The Morgan fingerprint density at radius 3 is 2.29 bits per heavy atom. The van der Waals surface area contributed by atoms with Crippen LogP contribution < -0.4 is 5.32 Å². The third-order valence-corrected chi connectivity index (χ3v) is 4.58. The number of halogens is 3. The first kappa shape index (κ1) is 20.2. The molecule has 0 unspecified atom stereocenters. The average Bonchev–Trinajstić information content (AvgIpc) is 2.69. The minimum absolute atomic E-state index is 0.198. The average molecular weight is 396 g/mol. The number of ether oxygens (including phenoxy) is 1. The zero-order valence-electron chi connectivity index (χ0n) is 14.7. The molecule has 1 amide bonds. The van der Waals surface area contributed by atoms with Crippen molar-refractivity contribution in [3.8, 4) is 11.1 Å². The van der Waals surface area contributed by atoms with E-state index >= 15 is 0 Å². The van der Waals surface area contributed by atoms with E-state index in [-0.39, 0.29) is 18.8 Å². The van der Waals surface area contributed by atoms with Crippen LogP contribution in [-0.4, -0.2) is 53.5 Å². The Labute approximate surface area is 159 Å². The van der Waals surface area contributed by atoms with E-state index in [1.807, 2.05) is 0 Å². The molecule has 0 bridgehead atoms. The molecular formula is C19H19F3N2O4. The molecule has 1 saturated heterocycles.